The van der Waals surface area contributed by atoms with Gasteiger partial charge in [-0.3, -0.25) is 4.79 Å². The van der Waals surface area contributed by atoms with Crippen molar-refractivity contribution < 1.29 is 9.32 Å². The minimum Gasteiger partial charge on any atom is -0.338 e. The first-order chi connectivity index (χ1) is 10.5. The maximum atomic E-state index is 12.0. The molecule has 7 nitrogen and oxygen atoms in total. The second kappa shape index (κ2) is 7.44. The van der Waals surface area contributed by atoms with Gasteiger partial charge in [-0.05, 0) is 19.8 Å². The third-order valence-electron chi connectivity index (χ3n) is 3.32. The molecule has 120 valence electrons. The van der Waals surface area contributed by atoms with Gasteiger partial charge in [-0.15, -0.1) is 11.8 Å². The number of carbonyl (C=O) groups is 1. The highest BCUT2D eigenvalue weighted by molar-refractivity contribution is 7.99. The van der Waals surface area contributed by atoms with E-state index in [1.54, 1.807) is 13.1 Å². The summed E-state index contributed by atoms with van der Waals surface area (Å²) in [5, 5.41) is 10.9. The molecule has 22 heavy (non-hydrogen) atoms. The van der Waals surface area contributed by atoms with Crippen LogP contribution in [0.2, 0.25) is 0 Å². The highest BCUT2D eigenvalue weighted by Gasteiger charge is 2.15. The van der Waals surface area contributed by atoms with Gasteiger partial charge in [-0.25, -0.2) is 4.68 Å². The Bertz CT molecular complexity index is 622. The summed E-state index contributed by atoms with van der Waals surface area (Å²) in [7, 11) is 0. The quantitative estimate of drug-likeness (QED) is 0.843. The van der Waals surface area contributed by atoms with Crippen molar-refractivity contribution in [2.24, 2.45) is 5.92 Å². The number of amides is 1. The van der Waals surface area contributed by atoms with Gasteiger partial charge in [0.05, 0.1) is 23.7 Å². The van der Waals surface area contributed by atoms with Gasteiger partial charge in [0.15, 0.2) is 5.82 Å². The van der Waals surface area contributed by atoms with Crippen LogP contribution in [-0.2, 0) is 10.5 Å². The van der Waals surface area contributed by atoms with Gasteiger partial charge in [0, 0.05) is 6.07 Å². The molecular formula is C14H21N5O2S. The van der Waals surface area contributed by atoms with Crippen LogP contribution in [0.15, 0.2) is 16.8 Å². The van der Waals surface area contributed by atoms with Crippen molar-refractivity contribution in [3.05, 3.63) is 24.0 Å². The number of aryl methyl sites for hydroxylation is 1. The number of aromatic nitrogens is 4. The summed E-state index contributed by atoms with van der Waals surface area (Å²) in [6.07, 6.45) is 1.70. The van der Waals surface area contributed by atoms with Gasteiger partial charge in [-0.1, -0.05) is 19.0 Å². The Balaban J connectivity index is 1.83. The van der Waals surface area contributed by atoms with Crippen LogP contribution in [-0.4, -0.2) is 31.6 Å². The van der Waals surface area contributed by atoms with E-state index >= 15 is 0 Å². The third kappa shape index (κ3) is 4.33. The highest BCUT2D eigenvalue weighted by Crippen LogP contribution is 2.21. The first-order valence-electron chi connectivity index (χ1n) is 7.17. The molecule has 0 radical (unpaired) electrons. The summed E-state index contributed by atoms with van der Waals surface area (Å²) in [5.74, 6) is 3.07. The average molecular weight is 323 g/mol. The molecule has 2 aromatic rings. The summed E-state index contributed by atoms with van der Waals surface area (Å²) in [6, 6.07) is 2.03. The van der Waals surface area contributed by atoms with Crippen molar-refractivity contribution in [1.82, 2.24) is 19.9 Å². The third-order valence-corrected chi connectivity index (χ3v) is 4.23. The van der Waals surface area contributed by atoms with E-state index in [2.05, 4.69) is 41.3 Å². The molecule has 0 spiro atoms. The molecule has 2 rings (SSSR count). The van der Waals surface area contributed by atoms with Crippen LogP contribution in [0.25, 0.3) is 0 Å². The van der Waals surface area contributed by atoms with Crippen molar-refractivity contribution in [3.8, 4) is 0 Å². The lowest BCUT2D eigenvalue weighted by molar-refractivity contribution is -0.113. The topological polar surface area (TPSA) is 85.8 Å². The molecule has 2 aromatic heterocycles. The molecule has 1 amide bonds. The Morgan fingerprint density at radius 3 is 2.86 bits per heavy atom. The first-order valence-corrected chi connectivity index (χ1v) is 8.33. The number of nitrogens with zero attached hydrogens (tertiary/aromatic N) is 4. The normalized spacial score (nSPS) is 12.6. The molecule has 0 aliphatic rings. The lowest BCUT2D eigenvalue weighted by Crippen LogP contribution is -2.21. The lowest BCUT2D eigenvalue weighted by atomic mass is 10.1. The largest absolute Gasteiger partial charge is 0.338 e. The van der Waals surface area contributed by atoms with E-state index in [0.29, 0.717) is 29.1 Å². The predicted molar refractivity (Wildman–Crippen MR) is 85.6 cm³/mol. The molecule has 0 aromatic carbocycles. The Morgan fingerprint density at radius 2 is 2.23 bits per heavy atom. The molecular weight excluding hydrogens is 302 g/mol. The average Bonchev–Trinajstić information content (AvgIpc) is 3.07. The molecule has 1 unspecified atom stereocenters. The molecule has 0 aliphatic carbocycles. The number of hydrogen-bond donors (Lipinski definition) is 1. The van der Waals surface area contributed by atoms with Gasteiger partial charge in [0.2, 0.25) is 11.8 Å². The predicted octanol–water partition coefficient (Wildman–Crippen LogP) is 2.66. The molecule has 1 N–H and O–H groups in total. The lowest BCUT2D eigenvalue weighted by Gasteiger charge is -2.19. The Kier molecular flexibility index (Phi) is 5.59. The van der Waals surface area contributed by atoms with E-state index in [9.17, 15) is 4.79 Å². The minimum atomic E-state index is -0.0704. The van der Waals surface area contributed by atoms with Crippen LogP contribution in [0, 0.1) is 12.8 Å². The van der Waals surface area contributed by atoms with Crippen molar-refractivity contribution in [3.63, 3.8) is 0 Å². The van der Waals surface area contributed by atoms with Gasteiger partial charge in [0.25, 0.3) is 0 Å². The van der Waals surface area contributed by atoms with Crippen LogP contribution >= 0.6 is 11.8 Å². The fourth-order valence-electron chi connectivity index (χ4n) is 1.83. The van der Waals surface area contributed by atoms with E-state index in [-0.39, 0.29) is 11.9 Å². The van der Waals surface area contributed by atoms with Crippen LogP contribution < -0.4 is 5.32 Å². The zero-order valence-electron chi connectivity index (χ0n) is 13.2. The Hall–Kier alpha value is -1.83. The molecule has 0 saturated heterocycles. The van der Waals surface area contributed by atoms with Crippen molar-refractivity contribution in [2.45, 2.75) is 39.5 Å². The summed E-state index contributed by atoms with van der Waals surface area (Å²) in [6.45, 7) is 8.10. The van der Waals surface area contributed by atoms with Crippen LogP contribution in [0.3, 0.4) is 0 Å². The fourth-order valence-corrected chi connectivity index (χ4v) is 2.48. The molecule has 8 heteroatoms. The van der Waals surface area contributed by atoms with Gasteiger partial charge >= 0.3 is 0 Å². The zero-order valence-corrected chi connectivity index (χ0v) is 14.1. The monoisotopic (exact) mass is 323 g/mol. The number of anilines is 1. The van der Waals surface area contributed by atoms with Gasteiger partial charge < -0.3 is 9.84 Å². The minimum absolute atomic E-state index is 0.0704. The SMILES string of the molecule is Cc1noc(CSCC(=O)Nc2ccnn2C(C)C(C)C)n1. The van der Waals surface area contributed by atoms with E-state index in [1.165, 1.54) is 11.8 Å². The summed E-state index contributed by atoms with van der Waals surface area (Å²) in [5.41, 5.74) is 0. The van der Waals surface area contributed by atoms with Crippen LogP contribution in [0.5, 0.6) is 0 Å². The Labute approximate surface area is 133 Å². The molecule has 0 aliphatic heterocycles. The van der Waals surface area contributed by atoms with Gasteiger partial charge in [0.1, 0.15) is 5.82 Å². The smallest absolute Gasteiger partial charge is 0.236 e. The second-order valence-electron chi connectivity index (χ2n) is 5.42. The van der Waals surface area contributed by atoms with Crippen LogP contribution in [0.4, 0.5) is 5.82 Å². The maximum absolute atomic E-state index is 12.0. The number of rotatable bonds is 7. The van der Waals surface area contributed by atoms with E-state index in [0.717, 1.165) is 5.82 Å². The van der Waals surface area contributed by atoms with E-state index in [1.807, 2.05) is 10.7 Å². The van der Waals surface area contributed by atoms with Crippen molar-refractivity contribution in [2.75, 3.05) is 11.1 Å². The summed E-state index contributed by atoms with van der Waals surface area (Å²) >= 11 is 1.43. The molecule has 2 heterocycles. The molecule has 0 bridgehead atoms. The number of hydrogen-bond acceptors (Lipinski definition) is 6. The molecule has 0 fully saturated rings. The highest BCUT2D eigenvalue weighted by atomic mass is 32.2. The standard InChI is InChI=1S/C14H21N5O2S/c1-9(2)10(3)19-12(5-6-15-19)17-13(20)7-22-8-14-16-11(4)18-21-14/h5-6,9-10H,7-8H2,1-4H3,(H,17,20). The summed E-state index contributed by atoms with van der Waals surface area (Å²) in [4.78, 5) is 16.1. The fraction of sp³-hybridized carbons (Fsp3) is 0.571. The van der Waals surface area contributed by atoms with E-state index in [4.69, 9.17) is 4.52 Å². The van der Waals surface area contributed by atoms with E-state index < -0.39 is 0 Å². The molecule has 0 saturated carbocycles. The van der Waals surface area contributed by atoms with Gasteiger partial charge in [-0.2, -0.15) is 10.1 Å². The number of nitrogens with one attached hydrogen (secondary N) is 1. The number of carbonyl (C=O) groups excluding carboxylic acids is 1. The summed E-state index contributed by atoms with van der Waals surface area (Å²) < 4.78 is 6.84. The van der Waals surface area contributed by atoms with Crippen LogP contribution in [0.1, 0.15) is 38.5 Å². The maximum Gasteiger partial charge on any atom is 0.236 e. The zero-order chi connectivity index (χ0) is 16.1. The first kappa shape index (κ1) is 16.5. The van der Waals surface area contributed by atoms with Crippen molar-refractivity contribution in [1.29, 1.82) is 0 Å². The Morgan fingerprint density at radius 1 is 1.45 bits per heavy atom. The van der Waals surface area contributed by atoms with Crippen molar-refractivity contribution >= 4 is 23.5 Å². The second-order valence-corrected chi connectivity index (χ2v) is 6.41. The molecule has 1 atom stereocenters. The number of thioether (sulfide) groups is 1.